The lowest BCUT2D eigenvalue weighted by Crippen LogP contribution is -2.63. The zero-order chi connectivity index (χ0) is 14.1. The van der Waals surface area contributed by atoms with Gasteiger partial charge in [-0.2, -0.15) is 0 Å². The van der Waals surface area contributed by atoms with E-state index in [0.717, 1.165) is 12.8 Å². The van der Waals surface area contributed by atoms with Gasteiger partial charge in [-0.1, -0.05) is 13.8 Å². The van der Waals surface area contributed by atoms with Crippen LogP contribution in [-0.2, 0) is 4.79 Å². The molecule has 4 heteroatoms. The number of nitrogens with two attached hydrogens (primary N) is 1. The van der Waals surface area contributed by atoms with Crippen molar-refractivity contribution in [3.05, 3.63) is 0 Å². The Morgan fingerprint density at radius 2 is 1.67 bits per heavy atom. The molecule has 1 heterocycles. The Balaban J connectivity index is 2.65. The monoisotopic (exact) mass is 255 g/mol. The van der Waals surface area contributed by atoms with Crippen molar-refractivity contribution in [1.82, 2.24) is 10.6 Å². The number of hydrogen-bond acceptors (Lipinski definition) is 3. The summed E-state index contributed by atoms with van der Waals surface area (Å²) in [5, 5.41) is 6.71. The molecule has 0 bridgehead atoms. The van der Waals surface area contributed by atoms with Crippen molar-refractivity contribution in [2.24, 2.45) is 11.7 Å². The number of piperidine rings is 1. The molecule has 4 nitrogen and oxygen atoms in total. The van der Waals surface area contributed by atoms with Crippen molar-refractivity contribution in [3.8, 4) is 0 Å². The number of amides is 1. The van der Waals surface area contributed by atoms with Crippen LogP contribution in [0.15, 0.2) is 0 Å². The molecule has 1 rings (SSSR count). The highest BCUT2D eigenvalue weighted by atomic mass is 16.2. The van der Waals surface area contributed by atoms with Gasteiger partial charge >= 0.3 is 0 Å². The molecule has 1 unspecified atom stereocenters. The van der Waals surface area contributed by atoms with Crippen LogP contribution >= 0.6 is 0 Å². The van der Waals surface area contributed by atoms with Gasteiger partial charge in [0.2, 0.25) is 5.91 Å². The summed E-state index contributed by atoms with van der Waals surface area (Å²) in [6.45, 7) is 12.6. The SMILES string of the molecule is CC(C)C(N)C(=O)NC1CC(C)(C)NC(C)(C)C1. The summed E-state index contributed by atoms with van der Waals surface area (Å²) in [5.74, 6) is 0.149. The summed E-state index contributed by atoms with van der Waals surface area (Å²) in [6.07, 6.45) is 1.87. The quantitative estimate of drug-likeness (QED) is 0.714. The Morgan fingerprint density at radius 1 is 1.22 bits per heavy atom. The second kappa shape index (κ2) is 5.17. The third-order valence-electron chi connectivity index (χ3n) is 3.56. The van der Waals surface area contributed by atoms with Crippen LogP contribution in [0.3, 0.4) is 0 Å². The normalized spacial score (nSPS) is 24.9. The molecular formula is C14H29N3O. The van der Waals surface area contributed by atoms with E-state index in [1.165, 1.54) is 0 Å². The Morgan fingerprint density at radius 3 is 2.06 bits per heavy atom. The number of hydrogen-bond donors (Lipinski definition) is 3. The fourth-order valence-electron chi connectivity index (χ4n) is 3.02. The molecule has 0 radical (unpaired) electrons. The maximum Gasteiger partial charge on any atom is 0.237 e. The van der Waals surface area contributed by atoms with E-state index in [4.69, 9.17) is 5.73 Å². The first-order chi connectivity index (χ1) is 8.02. The molecule has 0 aliphatic carbocycles. The molecular weight excluding hydrogens is 226 g/mol. The predicted molar refractivity (Wildman–Crippen MR) is 75.3 cm³/mol. The van der Waals surface area contributed by atoms with Gasteiger partial charge in [0, 0.05) is 17.1 Å². The minimum absolute atomic E-state index is 0.0245. The van der Waals surface area contributed by atoms with Crippen LogP contribution in [0.1, 0.15) is 54.4 Å². The minimum Gasteiger partial charge on any atom is -0.352 e. The van der Waals surface area contributed by atoms with Gasteiger partial charge in [-0.05, 0) is 46.5 Å². The van der Waals surface area contributed by atoms with Crippen LogP contribution in [0.2, 0.25) is 0 Å². The van der Waals surface area contributed by atoms with Gasteiger partial charge in [0.15, 0.2) is 0 Å². The van der Waals surface area contributed by atoms with Gasteiger partial charge < -0.3 is 16.4 Å². The molecule has 1 aliphatic heterocycles. The van der Waals surface area contributed by atoms with Crippen molar-refractivity contribution >= 4 is 5.91 Å². The first-order valence-corrected chi connectivity index (χ1v) is 6.88. The zero-order valence-corrected chi connectivity index (χ0v) is 12.6. The molecule has 1 saturated heterocycles. The van der Waals surface area contributed by atoms with Crippen molar-refractivity contribution in [1.29, 1.82) is 0 Å². The number of carbonyl (C=O) groups is 1. The summed E-state index contributed by atoms with van der Waals surface area (Å²) in [6, 6.07) is -0.209. The maximum absolute atomic E-state index is 12.0. The Bertz CT molecular complexity index is 294. The maximum atomic E-state index is 12.0. The van der Waals surface area contributed by atoms with Crippen molar-refractivity contribution in [2.45, 2.75) is 77.5 Å². The average molecular weight is 255 g/mol. The van der Waals surface area contributed by atoms with Gasteiger partial charge in [0.1, 0.15) is 0 Å². The lowest BCUT2D eigenvalue weighted by molar-refractivity contribution is -0.124. The summed E-state index contributed by atoms with van der Waals surface area (Å²) in [7, 11) is 0. The zero-order valence-electron chi connectivity index (χ0n) is 12.6. The highest BCUT2D eigenvalue weighted by Crippen LogP contribution is 2.28. The molecule has 0 aromatic heterocycles. The largest absolute Gasteiger partial charge is 0.352 e. The molecule has 0 saturated carbocycles. The molecule has 0 aromatic carbocycles. The summed E-state index contributed by atoms with van der Waals surface area (Å²) in [4.78, 5) is 12.0. The van der Waals surface area contributed by atoms with Crippen LogP contribution in [0.5, 0.6) is 0 Å². The number of rotatable bonds is 3. The van der Waals surface area contributed by atoms with Crippen LogP contribution in [0.25, 0.3) is 0 Å². The van der Waals surface area contributed by atoms with E-state index in [1.807, 2.05) is 13.8 Å². The van der Waals surface area contributed by atoms with E-state index >= 15 is 0 Å². The van der Waals surface area contributed by atoms with E-state index in [0.29, 0.717) is 0 Å². The molecule has 1 aliphatic rings. The van der Waals surface area contributed by atoms with Crippen molar-refractivity contribution in [3.63, 3.8) is 0 Å². The topological polar surface area (TPSA) is 67.2 Å². The van der Waals surface area contributed by atoms with E-state index < -0.39 is 6.04 Å². The van der Waals surface area contributed by atoms with Gasteiger partial charge in [0.05, 0.1) is 6.04 Å². The molecule has 106 valence electrons. The molecule has 1 atom stereocenters. The lowest BCUT2D eigenvalue weighted by Gasteiger charge is -2.46. The number of nitrogens with one attached hydrogen (secondary N) is 2. The minimum atomic E-state index is -0.411. The lowest BCUT2D eigenvalue weighted by atomic mass is 9.79. The van der Waals surface area contributed by atoms with Crippen LogP contribution in [-0.4, -0.2) is 29.1 Å². The van der Waals surface area contributed by atoms with Gasteiger partial charge in [0.25, 0.3) is 0 Å². The second-order valence-corrected chi connectivity index (χ2v) is 7.28. The summed E-state index contributed by atoms with van der Waals surface area (Å²) in [5.41, 5.74) is 5.97. The van der Waals surface area contributed by atoms with Crippen LogP contribution in [0, 0.1) is 5.92 Å². The standard InChI is InChI=1S/C14H29N3O/c1-9(2)11(15)12(18)16-10-7-13(3,4)17-14(5,6)8-10/h9-11,17H,7-8,15H2,1-6H3,(H,16,18). The number of carbonyl (C=O) groups excluding carboxylic acids is 1. The predicted octanol–water partition coefficient (Wildman–Crippen LogP) is 1.40. The molecule has 0 spiro atoms. The van der Waals surface area contributed by atoms with E-state index in [1.54, 1.807) is 0 Å². The van der Waals surface area contributed by atoms with Crippen LogP contribution < -0.4 is 16.4 Å². The Kier molecular flexibility index (Phi) is 4.44. The van der Waals surface area contributed by atoms with E-state index in [-0.39, 0.29) is 28.9 Å². The molecule has 1 amide bonds. The Labute approximate surface area is 111 Å². The highest BCUT2D eigenvalue weighted by Gasteiger charge is 2.38. The van der Waals surface area contributed by atoms with E-state index in [9.17, 15) is 4.79 Å². The Hall–Kier alpha value is -0.610. The average Bonchev–Trinajstić information content (AvgIpc) is 2.10. The fourth-order valence-corrected chi connectivity index (χ4v) is 3.02. The van der Waals surface area contributed by atoms with Crippen molar-refractivity contribution < 1.29 is 4.79 Å². The van der Waals surface area contributed by atoms with Crippen LogP contribution in [0.4, 0.5) is 0 Å². The molecule has 4 N–H and O–H groups in total. The molecule has 0 aromatic rings. The van der Waals surface area contributed by atoms with Gasteiger partial charge in [-0.3, -0.25) is 4.79 Å². The van der Waals surface area contributed by atoms with Gasteiger partial charge in [-0.15, -0.1) is 0 Å². The third-order valence-corrected chi connectivity index (χ3v) is 3.56. The molecule has 1 fully saturated rings. The summed E-state index contributed by atoms with van der Waals surface area (Å²) >= 11 is 0. The smallest absolute Gasteiger partial charge is 0.237 e. The van der Waals surface area contributed by atoms with Gasteiger partial charge in [-0.25, -0.2) is 0 Å². The first-order valence-electron chi connectivity index (χ1n) is 6.88. The summed E-state index contributed by atoms with van der Waals surface area (Å²) < 4.78 is 0. The fraction of sp³-hybridized carbons (Fsp3) is 0.929. The third kappa shape index (κ3) is 4.25. The first kappa shape index (κ1) is 15.4. The van der Waals surface area contributed by atoms with E-state index in [2.05, 4.69) is 38.3 Å². The highest BCUT2D eigenvalue weighted by molar-refractivity contribution is 5.82. The second-order valence-electron chi connectivity index (χ2n) is 7.28. The van der Waals surface area contributed by atoms with Crippen molar-refractivity contribution in [2.75, 3.05) is 0 Å². The molecule has 18 heavy (non-hydrogen) atoms.